The second kappa shape index (κ2) is 9.15. The number of H-pyrrole nitrogens is 2. The number of aryl methyl sites for hydroxylation is 1. The van der Waals surface area contributed by atoms with Crippen LogP contribution in [0, 0.1) is 6.92 Å². The Hall–Kier alpha value is -4.14. The lowest BCUT2D eigenvalue weighted by molar-refractivity contribution is -0.145. The van der Waals surface area contributed by atoms with E-state index >= 15 is 0 Å². The first-order valence-electron chi connectivity index (χ1n) is 10.6. The monoisotopic (exact) mass is 448 g/mol. The Labute approximate surface area is 189 Å². The molecule has 0 bridgehead atoms. The molecule has 0 aliphatic carbocycles. The van der Waals surface area contributed by atoms with E-state index in [0.717, 1.165) is 16.7 Å². The number of fused-ring (bicyclic) bond motifs is 1. The number of carboxylic acids is 1. The topological polar surface area (TPSA) is 130 Å². The predicted molar refractivity (Wildman–Crippen MR) is 124 cm³/mol. The number of hydrogen-bond donors (Lipinski definition) is 3. The first kappa shape index (κ1) is 22.1. The maximum Gasteiger partial charge on any atom is 0.344 e. The van der Waals surface area contributed by atoms with Gasteiger partial charge < -0.3 is 24.5 Å². The van der Waals surface area contributed by atoms with Crippen LogP contribution in [0.1, 0.15) is 25.8 Å². The summed E-state index contributed by atoms with van der Waals surface area (Å²) in [5, 5.41) is 9.34. The van der Waals surface area contributed by atoms with Gasteiger partial charge in [-0.3, -0.25) is 4.79 Å². The van der Waals surface area contributed by atoms with Crippen LogP contribution in [0.2, 0.25) is 0 Å². The minimum atomic E-state index is -0.999. The van der Waals surface area contributed by atoms with Crippen molar-refractivity contribution in [3.05, 3.63) is 58.6 Å². The normalized spacial score (nSPS) is 12.0. The summed E-state index contributed by atoms with van der Waals surface area (Å²) < 4.78 is 11.6. The minimum Gasteiger partial charge on any atom is -0.493 e. The summed E-state index contributed by atoms with van der Waals surface area (Å²) >= 11 is 0. The van der Waals surface area contributed by atoms with Gasteiger partial charge in [-0.15, -0.1) is 0 Å². The number of carboxylic acid groups (broad SMARTS) is 1. The summed E-state index contributed by atoms with van der Waals surface area (Å²) in [5.74, 6) is 0.419. The molecule has 4 rings (SSSR count). The molecule has 0 saturated carbocycles. The highest BCUT2D eigenvalue weighted by atomic mass is 16.5. The average molecular weight is 448 g/mol. The van der Waals surface area contributed by atoms with Gasteiger partial charge in [-0.1, -0.05) is 25.1 Å². The van der Waals surface area contributed by atoms with Gasteiger partial charge in [0.05, 0.1) is 18.5 Å². The van der Waals surface area contributed by atoms with Crippen molar-refractivity contribution in [3.8, 4) is 34.0 Å². The zero-order valence-electron chi connectivity index (χ0n) is 18.5. The van der Waals surface area contributed by atoms with Crippen molar-refractivity contribution in [2.45, 2.75) is 33.3 Å². The van der Waals surface area contributed by atoms with Crippen molar-refractivity contribution in [2.24, 2.45) is 0 Å². The highest BCUT2D eigenvalue weighted by Crippen LogP contribution is 2.35. The highest BCUT2D eigenvalue weighted by Gasteiger charge is 2.19. The Morgan fingerprint density at radius 2 is 1.85 bits per heavy atom. The molecule has 170 valence electrons. The van der Waals surface area contributed by atoms with E-state index in [1.54, 1.807) is 6.92 Å². The third kappa shape index (κ3) is 4.43. The quantitative estimate of drug-likeness (QED) is 0.372. The fourth-order valence-electron chi connectivity index (χ4n) is 3.51. The Bertz CT molecular complexity index is 1380. The van der Waals surface area contributed by atoms with Crippen LogP contribution < -0.4 is 15.0 Å². The van der Waals surface area contributed by atoms with Gasteiger partial charge in [0.2, 0.25) is 0 Å². The summed E-state index contributed by atoms with van der Waals surface area (Å²) in [7, 11) is 0. The van der Waals surface area contributed by atoms with Crippen LogP contribution >= 0.6 is 0 Å². The van der Waals surface area contributed by atoms with Crippen molar-refractivity contribution in [3.63, 3.8) is 0 Å². The summed E-state index contributed by atoms with van der Waals surface area (Å²) in [6.45, 7) is 5.93. The molecule has 9 nitrogen and oxygen atoms in total. The van der Waals surface area contributed by atoms with Gasteiger partial charge in [0.15, 0.2) is 17.3 Å². The molecular formula is C24H24N4O5. The third-order valence-electron chi connectivity index (χ3n) is 5.27. The zero-order valence-corrected chi connectivity index (χ0v) is 18.5. The van der Waals surface area contributed by atoms with E-state index < -0.39 is 12.1 Å². The van der Waals surface area contributed by atoms with E-state index in [-0.39, 0.29) is 5.56 Å². The molecule has 0 aliphatic heterocycles. The SMILES string of the molecule is CCOc1cc(-c2ccc(C)c(OC(CC)C(=O)O)c2)ccc1-c1nc2nc[nH]c2c(=O)[nH]1. The van der Waals surface area contributed by atoms with Gasteiger partial charge >= 0.3 is 5.97 Å². The summed E-state index contributed by atoms with van der Waals surface area (Å²) in [6, 6.07) is 11.2. The maximum atomic E-state index is 12.4. The highest BCUT2D eigenvalue weighted by molar-refractivity contribution is 5.77. The van der Waals surface area contributed by atoms with Gasteiger partial charge in [0.25, 0.3) is 5.56 Å². The number of imidazole rings is 1. The van der Waals surface area contributed by atoms with Crippen LogP contribution in [0.15, 0.2) is 47.5 Å². The summed E-state index contributed by atoms with van der Waals surface area (Å²) in [5.41, 5.74) is 3.48. The Morgan fingerprint density at radius 1 is 1.12 bits per heavy atom. The Balaban J connectivity index is 1.75. The molecule has 0 saturated heterocycles. The number of ether oxygens (including phenoxy) is 2. The number of aromatic nitrogens is 4. The van der Waals surface area contributed by atoms with Crippen LogP contribution in [0.25, 0.3) is 33.7 Å². The molecular weight excluding hydrogens is 424 g/mol. The van der Waals surface area contributed by atoms with Crippen molar-refractivity contribution >= 4 is 17.1 Å². The fourth-order valence-corrected chi connectivity index (χ4v) is 3.51. The number of carbonyl (C=O) groups is 1. The lowest BCUT2D eigenvalue weighted by Gasteiger charge is -2.17. The minimum absolute atomic E-state index is 0.312. The lowest BCUT2D eigenvalue weighted by atomic mass is 10.0. The Morgan fingerprint density at radius 3 is 2.55 bits per heavy atom. The van der Waals surface area contributed by atoms with E-state index in [1.165, 1.54) is 6.33 Å². The standard InChI is InChI=1S/C24H24N4O5/c1-4-17(24(30)31)33-18-10-14(7-6-13(18)3)15-8-9-16(19(11-15)32-5-2)21-27-22-20(23(29)28-21)25-12-26-22/h6-12,17H,4-5H2,1-3H3,(H,30,31)(H2,25,26,27,28,29). The molecule has 9 heteroatoms. The molecule has 2 aromatic carbocycles. The molecule has 0 aliphatic rings. The maximum absolute atomic E-state index is 12.4. The Kier molecular flexibility index (Phi) is 6.12. The predicted octanol–water partition coefficient (Wildman–Crippen LogP) is 3.93. The number of rotatable bonds is 8. The third-order valence-corrected chi connectivity index (χ3v) is 5.27. The van der Waals surface area contributed by atoms with Crippen molar-refractivity contribution in [2.75, 3.05) is 6.61 Å². The molecule has 4 aromatic rings. The summed E-state index contributed by atoms with van der Waals surface area (Å²) in [6.07, 6.45) is 0.863. The molecule has 2 aromatic heterocycles. The number of aromatic amines is 2. The van der Waals surface area contributed by atoms with Crippen LogP contribution in [-0.4, -0.2) is 43.7 Å². The molecule has 0 fully saturated rings. The molecule has 2 heterocycles. The van der Waals surface area contributed by atoms with Gasteiger partial charge in [0, 0.05) is 0 Å². The first-order chi connectivity index (χ1) is 15.9. The number of benzene rings is 2. The van der Waals surface area contributed by atoms with Crippen LogP contribution in [-0.2, 0) is 4.79 Å². The zero-order chi connectivity index (χ0) is 23.5. The van der Waals surface area contributed by atoms with Gasteiger partial charge in [-0.25, -0.2) is 14.8 Å². The summed E-state index contributed by atoms with van der Waals surface area (Å²) in [4.78, 5) is 37.8. The molecule has 0 spiro atoms. The van der Waals surface area contributed by atoms with E-state index in [0.29, 0.717) is 47.1 Å². The molecule has 1 unspecified atom stereocenters. The molecule has 33 heavy (non-hydrogen) atoms. The van der Waals surface area contributed by atoms with Gasteiger partial charge in [-0.05, 0) is 55.2 Å². The van der Waals surface area contributed by atoms with E-state index in [2.05, 4.69) is 19.9 Å². The first-order valence-corrected chi connectivity index (χ1v) is 10.6. The smallest absolute Gasteiger partial charge is 0.344 e. The number of hydrogen-bond acceptors (Lipinski definition) is 6. The molecule has 1 atom stereocenters. The van der Waals surface area contributed by atoms with Crippen LogP contribution in [0.3, 0.4) is 0 Å². The molecule has 0 radical (unpaired) electrons. The average Bonchev–Trinajstić information content (AvgIpc) is 3.28. The number of nitrogens with zero attached hydrogens (tertiary/aromatic N) is 2. The largest absolute Gasteiger partial charge is 0.493 e. The van der Waals surface area contributed by atoms with Gasteiger partial charge in [0.1, 0.15) is 17.3 Å². The number of nitrogens with one attached hydrogen (secondary N) is 2. The molecule has 0 amide bonds. The van der Waals surface area contributed by atoms with E-state index in [1.807, 2.05) is 50.2 Å². The van der Waals surface area contributed by atoms with Crippen LogP contribution in [0.4, 0.5) is 0 Å². The second-order valence-electron chi connectivity index (χ2n) is 7.49. The van der Waals surface area contributed by atoms with E-state index in [4.69, 9.17) is 9.47 Å². The van der Waals surface area contributed by atoms with Crippen molar-refractivity contribution in [1.82, 2.24) is 19.9 Å². The van der Waals surface area contributed by atoms with Gasteiger partial charge in [-0.2, -0.15) is 0 Å². The second-order valence-corrected chi connectivity index (χ2v) is 7.49. The van der Waals surface area contributed by atoms with Crippen molar-refractivity contribution in [1.29, 1.82) is 0 Å². The van der Waals surface area contributed by atoms with E-state index in [9.17, 15) is 14.7 Å². The fraction of sp³-hybridized carbons (Fsp3) is 0.250. The number of aliphatic carboxylic acids is 1. The lowest BCUT2D eigenvalue weighted by Crippen LogP contribution is -2.26. The van der Waals surface area contributed by atoms with Crippen LogP contribution in [0.5, 0.6) is 11.5 Å². The van der Waals surface area contributed by atoms with Crippen molar-refractivity contribution < 1.29 is 19.4 Å². The molecule has 3 N–H and O–H groups in total.